The lowest BCUT2D eigenvalue weighted by Crippen LogP contribution is -2.14. The molecule has 78 valence electrons. The smallest absolute Gasteiger partial charge is 0.125 e. The molecule has 0 aromatic heterocycles. The summed E-state index contributed by atoms with van der Waals surface area (Å²) in [5.41, 5.74) is 1.79. The maximum Gasteiger partial charge on any atom is 0.125 e. The van der Waals surface area contributed by atoms with E-state index in [0.29, 0.717) is 6.42 Å². The summed E-state index contributed by atoms with van der Waals surface area (Å²) in [5, 5.41) is 9.27. The molecule has 1 N–H and O–H groups in total. The molecule has 14 heavy (non-hydrogen) atoms. The fraction of sp³-hybridized carbons (Fsp3) is 0.455. The maximum absolute atomic E-state index is 13.0. The van der Waals surface area contributed by atoms with Gasteiger partial charge in [-0.25, -0.2) is 4.39 Å². The molecule has 0 fully saturated rings. The van der Waals surface area contributed by atoms with Crippen LogP contribution in [-0.2, 0) is 6.42 Å². The van der Waals surface area contributed by atoms with Crippen LogP contribution in [0, 0.1) is 5.82 Å². The van der Waals surface area contributed by atoms with Gasteiger partial charge in [0.25, 0.3) is 0 Å². The van der Waals surface area contributed by atoms with Crippen molar-refractivity contribution in [1.82, 2.24) is 0 Å². The molecule has 1 aromatic carbocycles. The number of benzene rings is 1. The van der Waals surface area contributed by atoms with E-state index in [1.807, 2.05) is 19.0 Å². The summed E-state index contributed by atoms with van der Waals surface area (Å²) in [6.45, 7) is 1.72. The molecule has 0 unspecified atom stereocenters. The summed E-state index contributed by atoms with van der Waals surface area (Å²) in [4.78, 5) is 1.85. The van der Waals surface area contributed by atoms with E-state index >= 15 is 0 Å². The molecular weight excluding hydrogens is 181 g/mol. The molecule has 0 radical (unpaired) electrons. The second-order valence-corrected chi connectivity index (χ2v) is 3.72. The van der Waals surface area contributed by atoms with Gasteiger partial charge in [0.15, 0.2) is 0 Å². The first-order valence-electron chi connectivity index (χ1n) is 4.64. The molecule has 1 atom stereocenters. The van der Waals surface area contributed by atoms with E-state index in [9.17, 15) is 9.50 Å². The van der Waals surface area contributed by atoms with Gasteiger partial charge in [-0.15, -0.1) is 0 Å². The molecule has 0 saturated heterocycles. The second-order valence-electron chi connectivity index (χ2n) is 3.72. The minimum Gasteiger partial charge on any atom is -0.393 e. The average molecular weight is 197 g/mol. The molecular formula is C11H16FNO. The Bertz CT molecular complexity index is 310. The van der Waals surface area contributed by atoms with Crippen molar-refractivity contribution in [3.63, 3.8) is 0 Å². The summed E-state index contributed by atoms with van der Waals surface area (Å²) < 4.78 is 13.0. The molecule has 0 bridgehead atoms. The van der Waals surface area contributed by atoms with Crippen molar-refractivity contribution in [1.29, 1.82) is 0 Å². The number of hydrogen-bond acceptors (Lipinski definition) is 2. The summed E-state index contributed by atoms with van der Waals surface area (Å²) in [5.74, 6) is -0.247. The lowest BCUT2D eigenvalue weighted by Gasteiger charge is -2.18. The number of nitrogens with zero attached hydrogens (tertiary/aromatic N) is 1. The topological polar surface area (TPSA) is 23.5 Å². The Morgan fingerprint density at radius 1 is 1.43 bits per heavy atom. The van der Waals surface area contributed by atoms with Gasteiger partial charge in [-0.3, -0.25) is 0 Å². The standard InChI is InChI=1S/C11H16FNO/c1-8(14)6-9-4-5-10(12)7-11(9)13(2)3/h4-5,7-8,14H,6H2,1-3H3/t8-/m0/s1. The van der Waals surface area contributed by atoms with Gasteiger partial charge in [-0.2, -0.15) is 0 Å². The lowest BCUT2D eigenvalue weighted by atomic mass is 10.1. The van der Waals surface area contributed by atoms with Gasteiger partial charge in [-0.1, -0.05) is 6.07 Å². The Morgan fingerprint density at radius 2 is 2.07 bits per heavy atom. The Kier molecular flexibility index (Phi) is 3.47. The number of rotatable bonds is 3. The zero-order valence-electron chi connectivity index (χ0n) is 8.79. The fourth-order valence-corrected chi connectivity index (χ4v) is 1.44. The first-order chi connectivity index (χ1) is 6.50. The number of anilines is 1. The summed E-state index contributed by atoms with van der Waals surface area (Å²) in [6, 6.07) is 4.62. The molecule has 0 aliphatic carbocycles. The molecule has 0 aliphatic heterocycles. The molecule has 1 rings (SSSR count). The van der Waals surface area contributed by atoms with E-state index in [1.54, 1.807) is 13.0 Å². The fourth-order valence-electron chi connectivity index (χ4n) is 1.44. The molecule has 0 heterocycles. The van der Waals surface area contributed by atoms with Crippen LogP contribution in [0.25, 0.3) is 0 Å². The lowest BCUT2D eigenvalue weighted by molar-refractivity contribution is 0.195. The Balaban J connectivity index is 3.02. The van der Waals surface area contributed by atoms with Crippen molar-refractivity contribution >= 4 is 5.69 Å². The maximum atomic E-state index is 13.0. The van der Waals surface area contributed by atoms with E-state index < -0.39 is 6.10 Å². The van der Waals surface area contributed by atoms with Crippen LogP contribution < -0.4 is 4.90 Å². The summed E-state index contributed by atoms with van der Waals surface area (Å²) in [6.07, 6.45) is 0.146. The van der Waals surface area contributed by atoms with Crippen LogP contribution in [0.3, 0.4) is 0 Å². The largest absolute Gasteiger partial charge is 0.393 e. The van der Waals surface area contributed by atoms with Crippen LogP contribution >= 0.6 is 0 Å². The third kappa shape index (κ3) is 2.70. The SMILES string of the molecule is C[C@H](O)Cc1ccc(F)cc1N(C)C. The van der Waals surface area contributed by atoms with Crippen LogP contribution in [0.5, 0.6) is 0 Å². The number of halogens is 1. The zero-order chi connectivity index (χ0) is 10.7. The highest BCUT2D eigenvalue weighted by Crippen LogP contribution is 2.21. The third-order valence-corrected chi connectivity index (χ3v) is 2.04. The van der Waals surface area contributed by atoms with E-state index in [1.165, 1.54) is 12.1 Å². The summed E-state index contributed by atoms with van der Waals surface area (Å²) in [7, 11) is 3.72. The molecule has 1 aromatic rings. The third-order valence-electron chi connectivity index (χ3n) is 2.04. The second kappa shape index (κ2) is 4.42. The zero-order valence-corrected chi connectivity index (χ0v) is 8.79. The molecule has 3 heteroatoms. The predicted octanol–water partition coefficient (Wildman–Crippen LogP) is 1.81. The van der Waals surface area contributed by atoms with Gasteiger partial charge >= 0.3 is 0 Å². The molecule has 0 aliphatic rings. The first kappa shape index (κ1) is 11.0. The average Bonchev–Trinajstić information content (AvgIpc) is 2.07. The van der Waals surface area contributed by atoms with Crippen molar-refractivity contribution in [3.05, 3.63) is 29.6 Å². The minimum atomic E-state index is -0.404. The van der Waals surface area contributed by atoms with Crippen LogP contribution in [0.1, 0.15) is 12.5 Å². The highest BCUT2D eigenvalue weighted by molar-refractivity contribution is 5.53. The highest BCUT2D eigenvalue weighted by Gasteiger charge is 2.08. The van der Waals surface area contributed by atoms with E-state index in [2.05, 4.69) is 0 Å². The van der Waals surface area contributed by atoms with Gasteiger partial charge in [0.1, 0.15) is 5.82 Å². The van der Waals surface area contributed by atoms with Crippen LogP contribution in [0.2, 0.25) is 0 Å². The van der Waals surface area contributed by atoms with E-state index in [4.69, 9.17) is 0 Å². The Hall–Kier alpha value is -1.09. The van der Waals surface area contributed by atoms with Crippen molar-refractivity contribution in [3.8, 4) is 0 Å². The van der Waals surface area contributed by atoms with Gasteiger partial charge in [0, 0.05) is 26.2 Å². The van der Waals surface area contributed by atoms with Crippen LogP contribution in [0.4, 0.5) is 10.1 Å². The van der Waals surface area contributed by atoms with Gasteiger partial charge in [0.05, 0.1) is 6.10 Å². The quantitative estimate of drug-likeness (QED) is 0.799. The van der Waals surface area contributed by atoms with Crippen molar-refractivity contribution in [2.75, 3.05) is 19.0 Å². The molecule has 2 nitrogen and oxygen atoms in total. The number of hydrogen-bond donors (Lipinski definition) is 1. The van der Waals surface area contributed by atoms with Gasteiger partial charge in [0.2, 0.25) is 0 Å². The van der Waals surface area contributed by atoms with Gasteiger partial charge in [-0.05, 0) is 24.6 Å². The Labute approximate surface area is 84.0 Å². The van der Waals surface area contributed by atoms with E-state index in [-0.39, 0.29) is 5.82 Å². The molecule has 0 spiro atoms. The highest BCUT2D eigenvalue weighted by atomic mass is 19.1. The normalized spacial score (nSPS) is 12.6. The minimum absolute atomic E-state index is 0.247. The monoisotopic (exact) mass is 197 g/mol. The first-order valence-corrected chi connectivity index (χ1v) is 4.64. The van der Waals surface area contributed by atoms with Crippen LogP contribution in [0.15, 0.2) is 18.2 Å². The van der Waals surface area contributed by atoms with Gasteiger partial charge < -0.3 is 10.0 Å². The molecule has 0 saturated carbocycles. The number of aliphatic hydroxyl groups excluding tert-OH is 1. The predicted molar refractivity (Wildman–Crippen MR) is 56.1 cm³/mol. The number of aliphatic hydroxyl groups is 1. The van der Waals surface area contributed by atoms with Crippen molar-refractivity contribution in [2.45, 2.75) is 19.4 Å². The molecule has 0 amide bonds. The van der Waals surface area contributed by atoms with Crippen molar-refractivity contribution in [2.24, 2.45) is 0 Å². The van der Waals surface area contributed by atoms with Crippen LogP contribution in [-0.4, -0.2) is 25.3 Å². The van der Waals surface area contributed by atoms with E-state index in [0.717, 1.165) is 11.3 Å². The Morgan fingerprint density at radius 3 is 2.57 bits per heavy atom. The van der Waals surface area contributed by atoms with Crippen molar-refractivity contribution < 1.29 is 9.50 Å². The summed E-state index contributed by atoms with van der Waals surface area (Å²) >= 11 is 0.